The molecule has 4 nitrogen and oxygen atoms in total. The van der Waals surface area contributed by atoms with Gasteiger partial charge in [-0.1, -0.05) is 46.3 Å². The van der Waals surface area contributed by atoms with Gasteiger partial charge in [-0.25, -0.2) is 0 Å². The molecule has 5 heteroatoms. The van der Waals surface area contributed by atoms with Crippen LogP contribution in [-0.4, -0.2) is 35.6 Å². The van der Waals surface area contributed by atoms with Crippen molar-refractivity contribution in [3.63, 3.8) is 0 Å². The zero-order chi connectivity index (χ0) is 19.8. The number of benzene rings is 2. The van der Waals surface area contributed by atoms with Gasteiger partial charge >= 0.3 is 0 Å². The van der Waals surface area contributed by atoms with Crippen molar-refractivity contribution in [2.75, 3.05) is 20.3 Å². The van der Waals surface area contributed by atoms with E-state index in [4.69, 9.17) is 4.74 Å². The topological polar surface area (TPSA) is 34.5 Å². The van der Waals surface area contributed by atoms with E-state index in [0.717, 1.165) is 23.1 Å². The monoisotopic (exact) mass is 440 g/mol. The first kappa shape index (κ1) is 20.4. The summed E-state index contributed by atoms with van der Waals surface area (Å²) >= 11 is 3.48. The van der Waals surface area contributed by atoms with Crippen LogP contribution in [0.1, 0.15) is 28.0 Å². The molecule has 3 rings (SSSR count). The zero-order valence-corrected chi connectivity index (χ0v) is 17.6. The van der Waals surface area contributed by atoms with E-state index in [2.05, 4.69) is 57.0 Å². The quantitative estimate of drug-likeness (QED) is 0.439. The zero-order valence-electron chi connectivity index (χ0n) is 16.1. The summed E-state index contributed by atoms with van der Waals surface area (Å²) in [5, 5.41) is 0. The lowest BCUT2D eigenvalue weighted by Crippen LogP contribution is -2.33. The van der Waals surface area contributed by atoms with Gasteiger partial charge in [-0.2, -0.15) is 0 Å². The fourth-order valence-electron chi connectivity index (χ4n) is 3.14. The molecule has 0 bridgehead atoms. The van der Waals surface area contributed by atoms with Gasteiger partial charge in [-0.3, -0.25) is 4.79 Å². The van der Waals surface area contributed by atoms with Gasteiger partial charge in [0, 0.05) is 48.7 Å². The van der Waals surface area contributed by atoms with E-state index in [-0.39, 0.29) is 5.91 Å². The van der Waals surface area contributed by atoms with Crippen molar-refractivity contribution in [3.05, 3.63) is 94.2 Å². The van der Waals surface area contributed by atoms with Crippen LogP contribution in [0.15, 0.2) is 77.4 Å². The molecule has 1 aromatic heterocycles. The molecule has 2 aromatic carbocycles. The van der Waals surface area contributed by atoms with Crippen LogP contribution in [0.3, 0.4) is 0 Å². The van der Waals surface area contributed by atoms with Gasteiger partial charge in [0.1, 0.15) is 0 Å². The second kappa shape index (κ2) is 10.2. The van der Waals surface area contributed by atoms with Crippen LogP contribution < -0.4 is 0 Å². The van der Waals surface area contributed by atoms with E-state index in [1.54, 1.807) is 7.11 Å². The summed E-state index contributed by atoms with van der Waals surface area (Å²) in [5.41, 5.74) is 3.05. The molecule has 0 radical (unpaired) electrons. The Bertz CT molecular complexity index is 875. The Balaban J connectivity index is 1.76. The number of carbonyl (C=O) groups excluding carboxylic acids is 1. The smallest absolute Gasteiger partial charge is 0.254 e. The normalized spacial score (nSPS) is 10.8. The number of ether oxygens (including phenoxy) is 1. The van der Waals surface area contributed by atoms with Crippen molar-refractivity contribution in [3.8, 4) is 0 Å². The van der Waals surface area contributed by atoms with Crippen LogP contribution in [0, 0.1) is 0 Å². The van der Waals surface area contributed by atoms with E-state index >= 15 is 0 Å². The molecule has 0 atom stereocenters. The average Bonchev–Trinajstić information content (AvgIpc) is 3.16. The fraction of sp³-hybridized carbons (Fsp3) is 0.261. The van der Waals surface area contributed by atoms with Crippen LogP contribution in [0.4, 0.5) is 0 Å². The molecule has 0 saturated heterocycles. The maximum Gasteiger partial charge on any atom is 0.254 e. The van der Waals surface area contributed by atoms with Crippen LogP contribution in [-0.2, 0) is 17.8 Å². The van der Waals surface area contributed by atoms with E-state index in [9.17, 15) is 4.79 Å². The molecule has 0 spiro atoms. The van der Waals surface area contributed by atoms with Gasteiger partial charge in [0.25, 0.3) is 5.91 Å². The number of nitrogens with zero attached hydrogens (tertiary/aromatic N) is 2. The van der Waals surface area contributed by atoms with Gasteiger partial charge in [0.2, 0.25) is 0 Å². The Morgan fingerprint density at radius 1 is 1.04 bits per heavy atom. The Kier molecular flexibility index (Phi) is 7.46. The molecule has 1 amide bonds. The Morgan fingerprint density at radius 3 is 2.50 bits per heavy atom. The van der Waals surface area contributed by atoms with Crippen molar-refractivity contribution < 1.29 is 9.53 Å². The average molecular weight is 441 g/mol. The molecule has 28 heavy (non-hydrogen) atoms. The molecular formula is C23H25BrN2O2. The number of hydrogen-bond donors (Lipinski definition) is 0. The van der Waals surface area contributed by atoms with E-state index < -0.39 is 0 Å². The van der Waals surface area contributed by atoms with Crippen LogP contribution in [0.2, 0.25) is 0 Å². The maximum atomic E-state index is 13.0. The summed E-state index contributed by atoms with van der Waals surface area (Å²) in [6.45, 7) is 2.64. The highest BCUT2D eigenvalue weighted by Gasteiger charge is 2.17. The molecule has 0 saturated carbocycles. The predicted molar refractivity (Wildman–Crippen MR) is 115 cm³/mol. The highest BCUT2D eigenvalue weighted by atomic mass is 79.9. The minimum Gasteiger partial charge on any atom is -0.385 e. The van der Waals surface area contributed by atoms with E-state index in [1.807, 2.05) is 41.3 Å². The summed E-state index contributed by atoms with van der Waals surface area (Å²) in [7, 11) is 1.69. The highest BCUT2D eigenvalue weighted by Crippen LogP contribution is 2.16. The number of aromatic nitrogens is 1. The van der Waals surface area contributed by atoms with Crippen molar-refractivity contribution in [1.82, 2.24) is 9.47 Å². The first-order chi connectivity index (χ1) is 13.7. The van der Waals surface area contributed by atoms with E-state index in [1.165, 1.54) is 5.56 Å². The van der Waals surface area contributed by atoms with Gasteiger partial charge in [-0.15, -0.1) is 0 Å². The highest BCUT2D eigenvalue weighted by molar-refractivity contribution is 9.10. The minimum atomic E-state index is 0.0492. The van der Waals surface area contributed by atoms with Crippen molar-refractivity contribution in [2.45, 2.75) is 19.5 Å². The minimum absolute atomic E-state index is 0.0492. The van der Waals surface area contributed by atoms with Crippen LogP contribution in [0.5, 0.6) is 0 Å². The van der Waals surface area contributed by atoms with E-state index in [0.29, 0.717) is 25.3 Å². The number of hydrogen-bond acceptors (Lipinski definition) is 2. The van der Waals surface area contributed by atoms with Crippen molar-refractivity contribution in [2.24, 2.45) is 0 Å². The van der Waals surface area contributed by atoms with Gasteiger partial charge in [0.15, 0.2) is 0 Å². The maximum absolute atomic E-state index is 13.0. The Hall–Kier alpha value is -2.37. The number of amides is 1. The summed E-state index contributed by atoms with van der Waals surface area (Å²) in [5.74, 6) is 0.0492. The third-order valence-corrected chi connectivity index (χ3v) is 5.16. The predicted octanol–water partition coefficient (Wildman–Crippen LogP) is 4.98. The molecule has 0 aliphatic heterocycles. The largest absolute Gasteiger partial charge is 0.385 e. The Labute approximate surface area is 174 Å². The van der Waals surface area contributed by atoms with Crippen LogP contribution in [0.25, 0.3) is 0 Å². The molecular weight excluding hydrogens is 416 g/mol. The Morgan fingerprint density at radius 2 is 1.79 bits per heavy atom. The molecule has 1 heterocycles. The second-order valence-corrected chi connectivity index (χ2v) is 7.61. The third-order valence-electron chi connectivity index (χ3n) is 4.63. The standard InChI is InChI=1S/C23H25BrN2O2/c1-28-16-6-15-26(23(27)20-7-3-2-4-8-20)18-22-9-5-14-25(22)17-19-10-12-21(24)13-11-19/h2-5,7-14H,6,15-18H2,1H3. The summed E-state index contributed by atoms with van der Waals surface area (Å²) < 4.78 is 8.45. The molecule has 0 fully saturated rings. The lowest BCUT2D eigenvalue weighted by atomic mass is 10.2. The molecule has 0 unspecified atom stereocenters. The number of carbonyl (C=O) groups is 1. The molecule has 0 aliphatic rings. The van der Waals surface area contributed by atoms with Crippen molar-refractivity contribution in [1.29, 1.82) is 0 Å². The molecule has 3 aromatic rings. The molecule has 146 valence electrons. The SMILES string of the molecule is COCCCN(Cc1cccn1Cc1ccc(Br)cc1)C(=O)c1ccccc1. The first-order valence-corrected chi connectivity index (χ1v) is 10.2. The number of methoxy groups -OCH3 is 1. The number of halogens is 1. The fourth-order valence-corrected chi connectivity index (χ4v) is 3.41. The lowest BCUT2D eigenvalue weighted by Gasteiger charge is -2.24. The second-order valence-electron chi connectivity index (χ2n) is 6.69. The third kappa shape index (κ3) is 5.57. The number of rotatable bonds is 9. The summed E-state index contributed by atoms with van der Waals surface area (Å²) in [6, 6.07) is 21.9. The van der Waals surface area contributed by atoms with Gasteiger partial charge in [0.05, 0.1) is 6.54 Å². The molecule has 0 aliphatic carbocycles. The van der Waals surface area contributed by atoms with Crippen LogP contribution >= 0.6 is 15.9 Å². The van der Waals surface area contributed by atoms with Gasteiger partial charge < -0.3 is 14.2 Å². The van der Waals surface area contributed by atoms with Gasteiger partial charge in [-0.05, 0) is 48.4 Å². The first-order valence-electron chi connectivity index (χ1n) is 9.39. The summed E-state index contributed by atoms with van der Waals surface area (Å²) in [4.78, 5) is 14.9. The molecule has 0 N–H and O–H groups in total. The van der Waals surface area contributed by atoms with Crippen molar-refractivity contribution >= 4 is 21.8 Å². The lowest BCUT2D eigenvalue weighted by molar-refractivity contribution is 0.0720. The summed E-state index contributed by atoms with van der Waals surface area (Å²) in [6.07, 6.45) is 2.88.